The van der Waals surface area contributed by atoms with Gasteiger partial charge in [-0.25, -0.2) is 4.98 Å². The molecule has 14 aromatic rings. The summed E-state index contributed by atoms with van der Waals surface area (Å²) in [7, 11) is 0. The minimum Gasteiger partial charge on any atom is -0.307 e. The second-order valence-corrected chi connectivity index (χ2v) is 18.8. The maximum absolute atomic E-state index is 5.44. The third-order valence-electron chi connectivity index (χ3n) is 14.4. The summed E-state index contributed by atoms with van der Waals surface area (Å²) in [5.74, 6) is 1.74. The van der Waals surface area contributed by atoms with Crippen molar-refractivity contribution in [2.24, 2.45) is 0 Å². The topological polar surface area (TPSA) is 48.5 Å². The SMILES string of the molecule is c1ccc(-c2ccc(-c3nc(-c4ccccc4)nc(-n4c5ccccc5c5ccc6c7ccccc7n(-c7cc(-c8ccccc8)cc(-c8ccccc8-c8ccc(-c9ccccc9)cc8)c7)c6c54)n3)cc2)cc1. The Bertz CT molecular complexity index is 4370. The second-order valence-electron chi connectivity index (χ2n) is 18.8. The van der Waals surface area contributed by atoms with Crippen LogP contribution >= 0.6 is 0 Å². The average molecular weight is 944 g/mol. The van der Waals surface area contributed by atoms with Crippen molar-refractivity contribution in [2.45, 2.75) is 0 Å². The molecule has 346 valence electrons. The Hall–Kier alpha value is -9.97. The number of rotatable bonds is 9. The zero-order valence-corrected chi connectivity index (χ0v) is 40.2. The van der Waals surface area contributed by atoms with E-state index in [1.165, 1.54) is 16.7 Å². The van der Waals surface area contributed by atoms with E-state index in [0.29, 0.717) is 17.6 Å². The molecule has 0 N–H and O–H groups in total. The molecule has 0 aliphatic rings. The van der Waals surface area contributed by atoms with Gasteiger partial charge in [0.25, 0.3) is 0 Å². The van der Waals surface area contributed by atoms with Gasteiger partial charge in [0.15, 0.2) is 11.6 Å². The predicted molar refractivity (Wildman–Crippen MR) is 307 cm³/mol. The molecule has 0 spiro atoms. The van der Waals surface area contributed by atoms with Crippen LogP contribution in [-0.4, -0.2) is 24.1 Å². The van der Waals surface area contributed by atoms with E-state index in [1.807, 2.05) is 24.3 Å². The monoisotopic (exact) mass is 943 g/mol. The van der Waals surface area contributed by atoms with Gasteiger partial charge in [-0.1, -0.05) is 243 Å². The lowest BCUT2D eigenvalue weighted by Gasteiger charge is -2.17. The van der Waals surface area contributed by atoms with Crippen molar-refractivity contribution in [3.63, 3.8) is 0 Å². The van der Waals surface area contributed by atoms with Gasteiger partial charge in [0.05, 0.1) is 22.1 Å². The molecule has 0 atom stereocenters. The third kappa shape index (κ3) is 7.46. The molecule has 0 aliphatic heterocycles. The summed E-state index contributed by atoms with van der Waals surface area (Å²) >= 11 is 0. The van der Waals surface area contributed by atoms with Gasteiger partial charge >= 0.3 is 0 Å². The fourth-order valence-electron chi connectivity index (χ4n) is 10.9. The van der Waals surface area contributed by atoms with E-state index in [2.05, 4.69) is 258 Å². The maximum atomic E-state index is 5.44. The average Bonchev–Trinajstić information content (AvgIpc) is 4.01. The smallest absolute Gasteiger partial charge is 0.238 e. The van der Waals surface area contributed by atoms with Gasteiger partial charge in [-0.3, -0.25) is 4.57 Å². The fraction of sp³-hybridized carbons (Fsp3) is 0. The highest BCUT2D eigenvalue weighted by atomic mass is 15.2. The lowest BCUT2D eigenvalue weighted by Crippen LogP contribution is -2.07. The van der Waals surface area contributed by atoms with E-state index in [9.17, 15) is 0 Å². The summed E-state index contributed by atoms with van der Waals surface area (Å²) in [6.07, 6.45) is 0. The van der Waals surface area contributed by atoms with Gasteiger partial charge < -0.3 is 4.57 Å². The van der Waals surface area contributed by atoms with Crippen molar-refractivity contribution < 1.29 is 0 Å². The molecule has 5 nitrogen and oxygen atoms in total. The van der Waals surface area contributed by atoms with Crippen LogP contribution in [0.25, 0.3) is 134 Å². The Labute approximate surface area is 428 Å². The molecule has 0 aliphatic carbocycles. The lowest BCUT2D eigenvalue weighted by molar-refractivity contribution is 0.953. The summed E-state index contributed by atoms with van der Waals surface area (Å²) in [5.41, 5.74) is 18.6. The predicted octanol–water partition coefficient (Wildman–Crippen LogP) is 17.7. The van der Waals surface area contributed by atoms with Gasteiger partial charge in [0, 0.05) is 38.4 Å². The van der Waals surface area contributed by atoms with Gasteiger partial charge in [-0.2, -0.15) is 9.97 Å². The number of fused-ring (bicyclic) bond motifs is 7. The first kappa shape index (κ1) is 42.9. The zero-order valence-electron chi connectivity index (χ0n) is 40.2. The summed E-state index contributed by atoms with van der Waals surface area (Å²) in [6, 6.07) is 97.4. The fourth-order valence-corrected chi connectivity index (χ4v) is 10.9. The van der Waals surface area contributed by atoms with Crippen LogP contribution in [0.3, 0.4) is 0 Å². The molecule has 3 aromatic heterocycles. The largest absolute Gasteiger partial charge is 0.307 e. The first-order valence-corrected chi connectivity index (χ1v) is 25.1. The molecular weight excluding hydrogens is 899 g/mol. The molecule has 3 heterocycles. The molecule has 14 rings (SSSR count). The van der Waals surface area contributed by atoms with E-state index in [1.54, 1.807) is 0 Å². The first-order valence-electron chi connectivity index (χ1n) is 25.1. The zero-order chi connectivity index (χ0) is 49.0. The van der Waals surface area contributed by atoms with Crippen molar-refractivity contribution in [3.05, 3.63) is 273 Å². The Kier molecular flexibility index (Phi) is 10.4. The van der Waals surface area contributed by atoms with Crippen LogP contribution in [0.15, 0.2) is 273 Å². The molecule has 0 saturated heterocycles. The minimum absolute atomic E-state index is 0.544. The van der Waals surface area contributed by atoms with Crippen molar-refractivity contribution in [2.75, 3.05) is 0 Å². The van der Waals surface area contributed by atoms with Crippen molar-refractivity contribution in [3.8, 4) is 90.0 Å². The molecule has 0 radical (unpaired) electrons. The van der Waals surface area contributed by atoms with Crippen LogP contribution in [0.5, 0.6) is 0 Å². The highest BCUT2D eigenvalue weighted by molar-refractivity contribution is 6.23. The van der Waals surface area contributed by atoms with Gasteiger partial charge in [0.2, 0.25) is 5.95 Å². The third-order valence-corrected chi connectivity index (χ3v) is 14.4. The highest BCUT2D eigenvalue weighted by Crippen LogP contribution is 2.44. The number of benzene rings is 11. The van der Waals surface area contributed by atoms with Crippen molar-refractivity contribution >= 4 is 43.6 Å². The number of aromatic nitrogens is 5. The lowest BCUT2D eigenvalue weighted by atomic mass is 9.91. The Morgan fingerprint density at radius 1 is 0.230 bits per heavy atom. The van der Waals surface area contributed by atoms with Crippen molar-refractivity contribution in [1.29, 1.82) is 0 Å². The number of para-hydroxylation sites is 2. The molecule has 0 bridgehead atoms. The summed E-state index contributed by atoms with van der Waals surface area (Å²) in [4.78, 5) is 16.0. The summed E-state index contributed by atoms with van der Waals surface area (Å²) < 4.78 is 4.74. The van der Waals surface area contributed by atoms with Crippen LogP contribution in [0.1, 0.15) is 0 Å². The molecule has 0 fully saturated rings. The van der Waals surface area contributed by atoms with E-state index in [4.69, 9.17) is 15.0 Å². The van der Waals surface area contributed by atoms with Crippen LogP contribution in [0.2, 0.25) is 0 Å². The first-order chi connectivity index (χ1) is 36.7. The van der Waals surface area contributed by atoms with Gasteiger partial charge in [0.1, 0.15) is 0 Å². The van der Waals surface area contributed by atoms with Gasteiger partial charge in [-0.05, 0) is 86.0 Å². The molecule has 0 saturated carbocycles. The van der Waals surface area contributed by atoms with Crippen LogP contribution < -0.4 is 0 Å². The summed E-state index contributed by atoms with van der Waals surface area (Å²) in [6.45, 7) is 0. The van der Waals surface area contributed by atoms with E-state index < -0.39 is 0 Å². The Balaban J connectivity index is 1.03. The quantitative estimate of drug-likeness (QED) is 0.145. The standard InChI is InChI=1S/C69H45N5/c1-5-19-46(20-6-1)49-33-37-51(38-34-49)57-27-13-14-28-58(57)55-43-54(48-23-9-3-10-24-48)44-56(45-55)73-63-31-17-15-29-59(63)61-41-42-62-60-30-16-18-32-64(60)74(66(62)65(61)73)69-71-67(52-25-11-4-12-26-52)70-68(72-69)53-39-35-50(36-40-53)47-21-7-2-8-22-47/h1-45H. The van der Waals surface area contributed by atoms with Crippen LogP contribution in [-0.2, 0) is 0 Å². The number of nitrogens with zero attached hydrogens (tertiary/aromatic N) is 5. The number of hydrogen-bond donors (Lipinski definition) is 0. The Morgan fingerprint density at radius 3 is 1.14 bits per heavy atom. The van der Waals surface area contributed by atoms with E-state index in [0.717, 1.165) is 99.4 Å². The molecule has 0 amide bonds. The molecular formula is C69H45N5. The highest BCUT2D eigenvalue weighted by Gasteiger charge is 2.24. The molecule has 5 heteroatoms. The number of hydrogen-bond acceptors (Lipinski definition) is 3. The van der Waals surface area contributed by atoms with E-state index >= 15 is 0 Å². The maximum Gasteiger partial charge on any atom is 0.238 e. The molecule has 11 aromatic carbocycles. The van der Waals surface area contributed by atoms with E-state index in [-0.39, 0.29) is 0 Å². The Morgan fingerprint density at radius 2 is 0.595 bits per heavy atom. The van der Waals surface area contributed by atoms with Crippen LogP contribution in [0, 0.1) is 0 Å². The van der Waals surface area contributed by atoms with Gasteiger partial charge in [-0.15, -0.1) is 0 Å². The second kappa shape index (κ2) is 18.0. The minimum atomic E-state index is 0.544. The molecule has 0 unspecified atom stereocenters. The summed E-state index contributed by atoms with van der Waals surface area (Å²) in [5, 5.41) is 4.52. The molecule has 74 heavy (non-hydrogen) atoms. The van der Waals surface area contributed by atoms with Crippen molar-refractivity contribution in [1.82, 2.24) is 24.1 Å². The normalized spacial score (nSPS) is 11.5. The van der Waals surface area contributed by atoms with Crippen LogP contribution in [0.4, 0.5) is 0 Å².